The normalized spacial score (nSPS) is 19.6. The molecule has 0 fully saturated rings. The Balaban J connectivity index is 2.71. The van der Waals surface area contributed by atoms with Crippen LogP contribution in [0.25, 0.3) is 0 Å². The van der Waals surface area contributed by atoms with E-state index < -0.39 is 51.4 Å². The summed E-state index contributed by atoms with van der Waals surface area (Å²) in [5.41, 5.74) is 0. The van der Waals surface area contributed by atoms with Gasteiger partial charge in [0.15, 0.2) is 0 Å². The van der Waals surface area contributed by atoms with Crippen LogP contribution >= 0.6 is 0 Å². The number of carbonyl (C=O) groups is 4. The number of amides is 4. The maximum absolute atomic E-state index is 14.9. The van der Waals surface area contributed by atoms with E-state index in [1.165, 1.54) is 0 Å². The van der Waals surface area contributed by atoms with Crippen LogP contribution in [0, 0.1) is 0 Å². The monoisotopic (exact) mass is 342 g/mol. The lowest BCUT2D eigenvalue weighted by molar-refractivity contribution is -0.367. The highest BCUT2D eigenvalue weighted by molar-refractivity contribution is 6.17. The zero-order valence-corrected chi connectivity index (χ0v) is 10.6. The summed E-state index contributed by atoms with van der Waals surface area (Å²) in [7, 11) is 0. The Morgan fingerprint density at radius 3 is 1.09 bits per heavy atom. The molecule has 4 amide bonds. The first-order valence-electron chi connectivity index (χ1n) is 5.61. The first-order valence-corrected chi connectivity index (χ1v) is 5.61. The van der Waals surface area contributed by atoms with Gasteiger partial charge in [0, 0.05) is 24.3 Å². The van der Waals surface area contributed by atoms with Gasteiger partial charge in [-0.15, -0.1) is 0 Å². The molecule has 0 saturated heterocycles. The third-order valence-corrected chi connectivity index (χ3v) is 2.97. The molecule has 12 heteroatoms. The molecular formula is C11H4F6N2O4. The minimum Gasteiger partial charge on any atom is -0.269 e. The Morgan fingerprint density at radius 1 is 0.609 bits per heavy atom. The van der Waals surface area contributed by atoms with Gasteiger partial charge in [0.1, 0.15) is 0 Å². The highest BCUT2D eigenvalue weighted by Gasteiger charge is 2.80. The molecule has 2 aliphatic heterocycles. The van der Waals surface area contributed by atoms with Crippen molar-refractivity contribution in [2.75, 3.05) is 0 Å². The maximum atomic E-state index is 14.9. The van der Waals surface area contributed by atoms with Crippen molar-refractivity contribution in [1.82, 2.24) is 9.80 Å². The predicted molar refractivity (Wildman–Crippen MR) is 56.8 cm³/mol. The van der Waals surface area contributed by atoms with Crippen molar-refractivity contribution in [1.29, 1.82) is 0 Å². The van der Waals surface area contributed by atoms with Gasteiger partial charge in [0.25, 0.3) is 23.6 Å². The molecule has 0 spiro atoms. The summed E-state index contributed by atoms with van der Waals surface area (Å²) in [5, 5.41) is 0. The molecule has 2 aliphatic rings. The minimum absolute atomic E-state index is 0.224. The standard InChI is InChI=1S/C11H4F6N2O4/c12-9(13,10(14,15)16)11(17,18-5(20)1-2-6(18)21)19-7(22)3-4-8(19)23/h1-4H. The molecule has 2 rings (SSSR count). The SMILES string of the molecule is O=C1C=CC(=O)N1C(F)(N1C(=O)C=CC1=O)C(F)(F)C(F)(F)F. The lowest BCUT2D eigenvalue weighted by Gasteiger charge is -2.43. The number of carbonyl (C=O) groups excluding carboxylic acids is 4. The van der Waals surface area contributed by atoms with E-state index in [1.807, 2.05) is 0 Å². The van der Waals surface area contributed by atoms with E-state index in [2.05, 4.69) is 0 Å². The van der Waals surface area contributed by atoms with E-state index in [9.17, 15) is 45.5 Å². The summed E-state index contributed by atoms with van der Waals surface area (Å²) in [5.74, 6) is -19.3. The summed E-state index contributed by atoms with van der Waals surface area (Å²) in [4.78, 5) is 43.3. The van der Waals surface area contributed by atoms with E-state index >= 15 is 0 Å². The fourth-order valence-corrected chi connectivity index (χ4v) is 1.95. The number of hydrogen-bond acceptors (Lipinski definition) is 4. The van der Waals surface area contributed by atoms with E-state index in [0.717, 1.165) is 0 Å². The minimum atomic E-state index is -6.62. The van der Waals surface area contributed by atoms with Gasteiger partial charge in [-0.25, -0.2) is 9.80 Å². The summed E-state index contributed by atoms with van der Waals surface area (Å²) in [6.45, 7) is 0. The van der Waals surface area contributed by atoms with Crippen LogP contribution in [0.5, 0.6) is 0 Å². The fourth-order valence-electron chi connectivity index (χ4n) is 1.95. The third kappa shape index (κ3) is 2.04. The molecule has 0 aromatic heterocycles. The molecule has 2 heterocycles. The van der Waals surface area contributed by atoms with Crippen LogP contribution in [0.4, 0.5) is 26.3 Å². The second-order valence-electron chi connectivity index (χ2n) is 4.35. The van der Waals surface area contributed by atoms with Crippen molar-refractivity contribution in [3.63, 3.8) is 0 Å². The number of rotatable bonds is 3. The Labute approximate surface area is 122 Å². The van der Waals surface area contributed by atoms with Crippen molar-refractivity contribution in [2.24, 2.45) is 0 Å². The Bertz CT molecular complexity index is 602. The zero-order valence-electron chi connectivity index (χ0n) is 10.6. The van der Waals surface area contributed by atoms with Gasteiger partial charge in [-0.05, 0) is 0 Å². The van der Waals surface area contributed by atoms with Gasteiger partial charge in [-0.3, -0.25) is 19.2 Å². The average molecular weight is 342 g/mol. The fraction of sp³-hybridized carbons (Fsp3) is 0.273. The van der Waals surface area contributed by atoms with Gasteiger partial charge in [0.05, 0.1) is 0 Å². The Hall–Kier alpha value is -2.66. The molecule has 0 bridgehead atoms. The molecule has 0 aromatic carbocycles. The van der Waals surface area contributed by atoms with E-state index in [0.29, 0.717) is 0 Å². The van der Waals surface area contributed by atoms with Crippen molar-refractivity contribution < 1.29 is 45.5 Å². The van der Waals surface area contributed by atoms with Crippen LogP contribution < -0.4 is 0 Å². The number of imide groups is 2. The van der Waals surface area contributed by atoms with Gasteiger partial charge < -0.3 is 0 Å². The molecule has 124 valence electrons. The van der Waals surface area contributed by atoms with Crippen molar-refractivity contribution in [3.05, 3.63) is 24.3 Å². The molecule has 23 heavy (non-hydrogen) atoms. The summed E-state index contributed by atoms with van der Waals surface area (Å²) in [6.07, 6.45) is -5.72. The number of halogens is 6. The van der Waals surface area contributed by atoms with Crippen LogP contribution in [0.15, 0.2) is 24.3 Å². The second-order valence-corrected chi connectivity index (χ2v) is 4.35. The average Bonchev–Trinajstić information content (AvgIpc) is 2.91. The number of alkyl halides is 6. The van der Waals surface area contributed by atoms with Crippen molar-refractivity contribution in [3.8, 4) is 0 Å². The van der Waals surface area contributed by atoms with Crippen molar-refractivity contribution >= 4 is 23.6 Å². The van der Waals surface area contributed by atoms with Gasteiger partial charge in [0.2, 0.25) is 0 Å². The van der Waals surface area contributed by atoms with E-state index in [1.54, 1.807) is 0 Å². The van der Waals surface area contributed by atoms with E-state index in [-0.39, 0.29) is 24.3 Å². The summed E-state index contributed by atoms with van der Waals surface area (Å²) >= 11 is 0. The number of nitrogens with zero attached hydrogens (tertiary/aromatic N) is 2. The smallest absolute Gasteiger partial charge is 0.269 e. The molecular weight excluding hydrogens is 338 g/mol. The van der Waals surface area contributed by atoms with Crippen LogP contribution in [-0.4, -0.2) is 51.4 Å². The lowest BCUT2D eigenvalue weighted by atomic mass is 10.1. The molecule has 6 nitrogen and oxygen atoms in total. The van der Waals surface area contributed by atoms with Gasteiger partial charge >= 0.3 is 18.0 Å². The first kappa shape index (κ1) is 16.7. The molecule has 0 aliphatic carbocycles. The quantitative estimate of drug-likeness (QED) is 0.429. The first-order chi connectivity index (χ1) is 10.4. The molecule has 0 saturated carbocycles. The Morgan fingerprint density at radius 2 is 0.870 bits per heavy atom. The molecule has 0 unspecified atom stereocenters. The maximum Gasteiger partial charge on any atom is 0.461 e. The largest absolute Gasteiger partial charge is 0.461 e. The summed E-state index contributed by atoms with van der Waals surface area (Å²) in [6, 6.07) is 0. The lowest BCUT2D eigenvalue weighted by Crippen LogP contribution is -2.73. The highest BCUT2D eigenvalue weighted by Crippen LogP contribution is 2.50. The highest BCUT2D eigenvalue weighted by atomic mass is 19.4. The molecule has 0 atom stereocenters. The number of hydrogen-bond donors (Lipinski definition) is 0. The molecule has 0 N–H and O–H groups in total. The van der Waals surface area contributed by atoms with Gasteiger partial charge in [-0.2, -0.15) is 26.3 Å². The third-order valence-electron chi connectivity index (χ3n) is 2.97. The van der Waals surface area contributed by atoms with Crippen molar-refractivity contribution in [2.45, 2.75) is 18.0 Å². The Kier molecular flexibility index (Phi) is 3.39. The second kappa shape index (κ2) is 4.67. The molecule has 0 radical (unpaired) electrons. The van der Waals surface area contributed by atoms with E-state index in [4.69, 9.17) is 0 Å². The van der Waals surface area contributed by atoms with Crippen LogP contribution in [0.1, 0.15) is 0 Å². The summed E-state index contributed by atoms with van der Waals surface area (Å²) < 4.78 is 80.2. The topological polar surface area (TPSA) is 74.8 Å². The predicted octanol–water partition coefficient (Wildman–Crippen LogP) is 0.657. The van der Waals surface area contributed by atoms with Crippen LogP contribution in [0.3, 0.4) is 0 Å². The van der Waals surface area contributed by atoms with Gasteiger partial charge in [-0.1, -0.05) is 0 Å². The van der Waals surface area contributed by atoms with Crippen LogP contribution in [-0.2, 0) is 19.2 Å². The zero-order chi connectivity index (χ0) is 17.8. The van der Waals surface area contributed by atoms with Crippen LogP contribution in [0.2, 0.25) is 0 Å². The molecule has 0 aromatic rings.